The van der Waals surface area contributed by atoms with E-state index in [4.69, 9.17) is 4.74 Å². The first-order chi connectivity index (χ1) is 16.0. The molecule has 1 N–H and O–H groups in total. The van der Waals surface area contributed by atoms with Crippen LogP contribution in [-0.2, 0) is 6.61 Å². The van der Waals surface area contributed by atoms with E-state index in [1.54, 1.807) is 12.1 Å². The number of non-ortho nitro benzene ring substituents is 1. The third-order valence-electron chi connectivity index (χ3n) is 7.52. The topological polar surface area (TPSA) is 85.2 Å². The van der Waals surface area contributed by atoms with E-state index < -0.39 is 0 Å². The standard InChI is InChI=1S/C25H24N2O4S2/c1-13-2-4-14(5-3-13)12-31-19-9-8-17(27(29)30)11-18(19)21-20-15-6-7-16(10-15)22(20)32-24-23(21)33-25(28)26-24/h2-5,8-9,11,15-16,20-22H,6-7,10,12H2,1H3,(H,26,28)/t15-,16+,20+,21-,22+/m0/s1. The first-order valence-corrected chi connectivity index (χ1v) is 13.0. The third kappa shape index (κ3) is 3.60. The van der Waals surface area contributed by atoms with Gasteiger partial charge < -0.3 is 9.72 Å². The van der Waals surface area contributed by atoms with Crippen LogP contribution in [0.25, 0.3) is 0 Å². The SMILES string of the molecule is Cc1ccc(COc2ccc([N+](=O)[O-])cc2[C@@H]2c3sc(=O)[nH]c3S[C@@H]3[C@@H]4CC[C@@H](C4)[C@H]23)cc1. The first-order valence-electron chi connectivity index (χ1n) is 11.3. The molecule has 3 aromatic rings. The number of nitro groups is 1. The van der Waals surface area contributed by atoms with E-state index in [-0.39, 0.29) is 21.4 Å². The van der Waals surface area contributed by atoms with Crippen LogP contribution in [0.15, 0.2) is 52.3 Å². The second-order valence-corrected chi connectivity index (χ2v) is 11.6. The number of hydrogen-bond acceptors (Lipinski definition) is 6. The molecule has 2 aliphatic carbocycles. The normalized spacial score (nSPS) is 27.2. The van der Waals surface area contributed by atoms with Crippen LogP contribution < -0.4 is 9.61 Å². The van der Waals surface area contributed by atoms with Gasteiger partial charge in [-0.25, -0.2) is 0 Å². The molecule has 2 aromatic carbocycles. The highest BCUT2D eigenvalue weighted by molar-refractivity contribution is 8.00. The van der Waals surface area contributed by atoms with Crippen LogP contribution in [0, 0.1) is 34.8 Å². The molecule has 5 atom stereocenters. The number of thioether (sulfide) groups is 1. The van der Waals surface area contributed by atoms with Gasteiger partial charge in [-0.05, 0) is 55.6 Å². The number of nitro benzene ring substituents is 1. The number of rotatable bonds is 5. The fraction of sp³-hybridized carbons (Fsp3) is 0.400. The minimum absolute atomic E-state index is 0.0570. The zero-order valence-corrected chi connectivity index (χ0v) is 19.8. The molecule has 0 amide bonds. The smallest absolute Gasteiger partial charge is 0.305 e. The lowest BCUT2D eigenvalue weighted by molar-refractivity contribution is -0.385. The molecule has 1 aliphatic heterocycles. The number of thiazole rings is 1. The van der Waals surface area contributed by atoms with Crippen LogP contribution in [0.1, 0.15) is 46.7 Å². The molecule has 0 radical (unpaired) electrons. The predicted molar refractivity (Wildman–Crippen MR) is 129 cm³/mol. The van der Waals surface area contributed by atoms with Crippen LogP contribution in [0.3, 0.4) is 0 Å². The van der Waals surface area contributed by atoms with Gasteiger partial charge in [-0.1, -0.05) is 41.2 Å². The van der Waals surface area contributed by atoms with Gasteiger partial charge >= 0.3 is 4.87 Å². The van der Waals surface area contributed by atoms with Crippen molar-refractivity contribution in [1.82, 2.24) is 4.98 Å². The number of aromatic nitrogens is 1. The number of benzene rings is 2. The molecule has 8 heteroatoms. The lowest BCUT2D eigenvalue weighted by Crippen LogP contribution is -2.33. The fourth-order valence-electron chi connectivity index (χ4n) is 6.07. The summed E-state index contributed by atoms with van der Waals surface area (Å²) in [6.45, 7) is 2.44. The lowest BCUT2D eigenvalue weighted by atomic mass is 9.74. The van der Waals surface area contributed by atoms with Gasteiger partial charge in [-0.3, -0.25) is 14.9 Å². The van der Waals surface area contributed by atoms with Crippen molar-refractivity contribution in [3.8, 4) is 5.75 Å². The van der Waals surface area contributed by atoms with Crippen molar-refractivity contribution in [3.05, 3.63) is 83.8 Å². The Bertz CT molecular complexity index is 1280. The number of fused-ring (bicyclic) bond motifs is 6. The quantitative estimate of drug-likeness (QED) is 0.364. The van der Waals surface area contributed by atoms with E-state index in [1.807, 2.05) is 30.8 Å². The lowest BCUT2D eigenvalue weighted by Gasteiger charge is -2.40. The minimum Gasteiger partial charge on any atom is -0.489 e. The van der Waals surface area contributed by atoms with Crippen LogP contribution in [-0.4, -0.2) is 15.2 Å². The Morgan fingerprint density at radius 2 is 1.94 bits per heavy atom. The summed E-state index contributed by atoms with van der Waals surface area (Å²) in [5.74, 6) is 2.23. The van der Waals surface area contributed by atoms with Crippen molar-refractivity contribution in [1.29, 1.82) is 0 Å². The van der Waals surface area contributed by atoms with Gasteiger partial charge in [0.1, 0.15) is 12.4 Å². The Balaban J connectivity index is 1.44. The van der Waals surface area contributed by atoms with Gasteiger partial charge in [0.2, 0.25) is 0 Å². The fourth-order valence-corrected chi connectivity index (χ4v) is 8.95. The number of nitrogens with one attached hydrogen (secondary N) is 1. The van der Waals surface area contributed by atoms with Gasteiger partial charge in [0.15, 0.2) is 0 Å². The number of nitrogens with zero attached hydrogens (tertiary/aromatic N) is 1. The second-order valence-electron chi connectivity index (χ2n) is 9.43. The summed E-state index contributed by atoms with van der Waals surface area (Å²) < 4.78 is 6.29. The van der Waals surface area contributed by atoms with Gasteiger partial charge in [-0.2, -0.15) is 0 Å². The third-order valence-corrected chi connectivity index (χ3v) is 10.1. The largest absolute Gasteiger partial charge is 0.489 e. The Morgan fingerprint density at radius 3 is 2.73 bits per heavy atom. The van der Waals surface area contributed by atoms with Gasteiger partial charge in [-0.15, -0.1) is 11.8 Å². The van der Waals surface area contributed by atoms with Crippen LogP contribution in [0.2, 0.25) is 0 Å². The van der Waals surface area contributed by atoms with Crippen LogP contribution in [0.5, 0.6) is 5.75 Å². The first kappa shape index (κ1) is 21.0. The van der Waals surface area contributed by atoms with Crippen molar-refractivity contribution >= 4 is 28.8 Å². The molecule has 2 saturated carbocycles. The van der Waals surface area contributed by atoms with E-state index in [0.29, 0.717) is 35.4 Å². The summed E-state index contributed by atoms with van der Waals surface area (Å²) >= 11 is 3.07. The molecule has 0 spiro atoms. The summed E-state index contributed by atoms with van der Waals surface area (Å²) in [5.41, 5.74) is 3.14. The summed E-state index contributed by atoms with van der Waals surface area (Å²) in [4.78, 5) is 27.7. The molecular formula is C25H24N2O4S2. The number of hydrogen-bond donors (Lipinski definition) is 1. The highest BCUT2D eigenvalue weighted by Gasteiger charge is 2.55. The van der Waals surface area contributed by atoms with E-state index >= 15 is 0 Å². The maximum Gasteiger partial charge on any atom is 0.305 e. The monoisotopic (exact) mass is 480 g/mol. The molecule has 3 aliphatic rings. The van der Waals surface area contributed by atoms with Crippen molar-refractivity contribution < 1.29 is 9.66 Å². The summed E-state index contributed by atoms with van der Waals surface area (Å²) in [6.07, 6.45) is 3.65. The number of ether oxygens (including phenoxy) is 1. The molecule has 6 rings (SSSR count). The Hall–Kier alpha value is -2.58. The van der Waals surface area contributed by atoms with Gasteiger partial charge in [0.25, 0.3) is 5.69 Å². The molecule has 0 unspecified atom stereocenters. The van der Waals surface area contributed by atoms with Crippen molar-refractivity contribution in [3.63, 3.8) is 0 Å². The number of H-pyrrole nitrogens is 1. The number of aromatic amines is 1. The van der Waals surface area contributed by atoms with E-state index in [1.165, 1.54) is 42.2 Å². The highest BCUT2D eigenvalue weighted by Crippen LogP contribution is 2.64. The van der Waals surface area contributed by atoms with Crippen molar-refractivity contribution in [2.75, 3.05) is 0 Å². The van der Waals surface area contributed by atoms with Crippen LogP contribution in [0.4, 0.5) is 5.69 Å². The Morgan fingerprint density at radius 1 is 1.15 bits per heavy atom. The van der Waals surface area contributed by atoms with Gasteiger partial charge in [0, 0.05) is 33.7 Å². The second kappa shape index (κ2) is 8.02. The predicted octanol–water partition coefficient (Wildman–Crippen LogP) is 5.88. The Labute approximate surface area is 199 Å². The molecular weight excluding hydrogens is 456 g/mol. The zero-order valence-electron chi connectivity index (χ0n) is 18.2. The summed E-state index contributed by atoms with van der Waals surface area (Å²) in [6, 6.07) is 13.1. The average Bonchev–Trinajstić information content (AvgIpc) is 3.51. The molecule has 2 bridgehead atoms. The van der Waals surface area contributed by atoms with E-state index in [0.717, 1.165) is 21.0 Å². The van der Waals surface area contributed by atoms with Crippen LogP contribution >= 0.6 is 23.1 Å². The maximum absolute atomic E-state index is 12.3. The van der Waals surface area contributed by atoms with E-state index in [2.05, 4.69) is 17.1 Å². The maximum atomic E-state index is 12.3. The molecule has 2 fully saturated rings. The molecule has 0 saturated heterocycles. The summed E-state index contributed by atoms with van der Waals surface area (Å²) in [7, 11) is 0. The molecule has 33 heavy (non-hydrogen) atoms. The van der Waals surface area contributed by atoms with E-state index in [9.17, 15) is 14.9 Å². The Kier molecular flexibility index (Phi) is 5.10. The van der Waals surface area contributed by atoms with Crippen molar-refractivity contribution in [2.24, 2.45) is 17.8 Å². The van der Waals surface area contributed by atoms with Gasteiger partial charge in [0.05, 0.1) is 9.95 Å². The highest BCUT2D eigenvalue weighted by atomic mass is 32.2. The zero-order chi connectivity index (χ0) is 22.7. The molecule has 1 aromatic heterocycles. The minimum atomic E-state index is -0.344. The molecule has 6 nitrogen and oxygen atoms in total. The molecule has 2 heterocycles. The van der Waals surface area contributed by atoms with Crippen molar-refractivity contribution in [2.45, 2.75) is 49.0 Å². The average molecular weight is 481 g/mol. The molecule has 170 valence electrons. The summed E-state index contributed by atoms with van der Waals surface area (Å²) in [5, 5.41) is 13.1. The number of aryl methyl sites for hydroxylation is 1.